The Hall–Kier alpha value is -0.370. The highest BCUT2D eigenvalue weighted by Gasteiger charge is 2.26. The molecule has 0 amide bonds. The van der Waals surface area contributed by atoms with Crippen LogP contribution < -0.4 is 5.32 Å². The maximum absolute atomic E-state index is 7.32. The predicted molar refractivity (Wildman–Crippen MR) is 52.8 cm³/mol. The van der Waals surface area contributed by atoms with Gasteiger partial charge in [-0.2, -0.15) is 0 Å². The normalized spacial score (nSPS) is 20.6. The molecule has 0 saturated heterocycles. The van der Waals surface area contributed by atoms with Crippen molar-refractivity contribution in [2.75, 3.05) is 6.54 Å². The van der Waals surface area contributed by atoms with Gasteiger partial charge in [-0.25, -0.2) is 0 Å². The van der Waals surface area contributed by atoms with E-state index in [-0.39, 0.29) is 5.41 Å². The molecule has 70 valence electrons. The molecule has 2 heteroatoms. The summed E-state index contributed by atoms with van der Waals surface area (Å²) in [7, 11) is 0. The van der Waals surface area contributed by atoms with E-state index in [2.05, 4.69) is 26.1 Å². The quantitative estimate of drug-likeness (QED) is 0.619. The molecule has 1 aliphatic carbocycles. The first-order chi connectivity index (χ1) is 5.54. The first kappa shape index (κ1) is 9.72. The standard InChI is InChI=1S/C10H20N2/c1-10(2,3)8(6-11)7-12-9-4-5-9/h6,8-9,11-12H,4-5,7H2,1-3H3. The first-order valence-electron chi connectivity index (χ1n) is 4.78. The molecule has 0 aromatic carbocycles. The van der Waals surface area contributed by atoms with Gasteiger partial charge in [0.05, 0.1) is 0 Å². The van der Waals surface area contributed by atoms with Crippen LogP contribution in [0.3, 0.4) is 0 Å². The Morgan fingerprint density at radius 1 is 1.50 bits per heavy atom. The molecule has 1 aliphatic rings. The topological polar surface area (TPSA) is 35.9 Å². The zero-order valence-electron chi connectivity index (χ0n) is 8.35. The van der Waals surface area contributed by atoms with Crippen molar-refractivity contribution >= 4 is 6.21 Å². The summed E-state index contributed by atoms with van der Waals surface area (Å²) < 4.78 is 0. The van der Waals surface area contributed by atoms with Crippen LogP contribution in [0.5, 0.6) is 0 Å². The molecule has 12 heavy (non-hydrogen) atoms. The first-order valence-corrected chi connectivity index (χ1v) is 4.78. The van der Waals surface area contributed by atoms with Gasteiger partial charge in [0.1, 0.15) is 0 Å². The van der Waals surface area contributed by atoms with Crippen LogP contribution in [-0.2, 0) is 0 Å². The van der Waals surface area contributed by atoms with Gasteiger partial charge in [0.2, 0.25) is 0 Å². The molecule has 0 spiro atoms. The second kappa shape index (κ2) is 3.56. The van der Waals surface area contributed by atoms with Crippen LogP contribution in [0.1, 0.15) is 33.6 Å². The Labute approximate surface area is 75.3 Å². The second-order valence-electron chi connectivity index (χ2n) is 4.82. The van der Waals surface area contributed by atoms with Gasteiger partial charge in [0.25, 0.3) is 0 Å². The number of nitrogens with one attached hydrogen (secondary N) is 2. The number of hydrogen-bond acceptors (Lipinski definition) is 2. The number of hydrogen-bond donors (Lipinski definition) is 2. The molecule has 1 saturated carbocycles. The van der Waals surface area contributed by atoms with Crippen LogP contribution in [0.15, 0.2) is 0 Å². The van der Waals surface area contributed by atoms with Crippen LogP contribution >= 0.6 is 0 Å². The van der Waals surface area contributed by atoms with Gasteiger partial charge in [-0.15, -0.1) is 0 Å². The lowest BCUT2D eigenvalue weighted by molar-refractivity contribution is 0.305. The van der Waals surface area contributed by atoms with Crippen molar-refractivity contribution in [3.8, 4) is 0 Å². The highest BCUT2D eigenvalue weighted by Crippen LogP contribution is 2.25. The van der Waals surface area contributed by atoms with Crippen LogP contribution in [0, 0.1) is 16.7 Å². The van der Waals surface area contributed by atoms with Gasteiger partial charge in [0, 0.05) is 24.7 Å². The van der Waals surface area contributed by atoms with Crippen molar-refractivity contribution in [3.05, 3.63) is 0 Å². The maximum Gasteiger partial charge on any atom is 0.0109 e. The predicted octanol–water partition coefficient (Wildman–Crippen LogP) is 2.05. The Kier molecular flexibility index (Phi) is 2.89. The van der Waals surface area contributed by atoms with E-state index in [0.717, 1.165) is 12.6 Å². The minimum absolute atomic E-state index is 0.226. The summed E-state index contributed by atoms with van der Waals surface area (Å²) in [6.07, 6.45) is 4.24. The lowest BCUT2D eigenvalue weighted by Crippen LogP contribution is -2.33. The summed E-state index contributed by atoms with van der Waals surface area (Å²) in [5.41, 5.74) is 0.226. The van der Waals surface area contributed by atoms with Crippen molar-refractivity contribution in [3.63, 3.8) is 0 Å². The van der Waals surface area contributed by atoms with E-state index >= 15 is 0 Å². The molecular weight excluding hydrogens is 148 g/mol. The fourth-order valence-electron chi connectivity index (χ4n) is 1.20. The lowest BCUT2D eigenvalue weighted by Gasteiger charge is -2.27. The molecule has 2 N–H and O–H groups in total. The maximum atomic E-state index is 7.32. The molecule has 0 heterocycles. The lowest BCUT2D eigenvalue weighted by atomic mass is 9.81. The molecule has 0 radical (unpaired) electrons. The van der Waals surface area contributed by atoms with E-state index in [0.29, 0.717) is 5.92 Å². The van der Waals surface area contributed by atoms with E-state index < -0.39 is 0 Å². The van der Waals surface area contributed by atoms with Gasteiger partial charge in [-0.3, -0.25) is 0 Å². The minimum atomic E-state index is 0.226. The van der Waals surface area contributed by atoms with Gasteiger partial charge < -0.3 is 10.7 Å². The fourth-order valence-corrected chi connectivity index (χ4v) is 1.20. The summed E-state index contributed by atoms with van der Waals surface area (Å²) in [5, 5.41) is 10.8. The fraction of sp³-hybridized carbons (Fsp3) is 0.900. The van der Waals surface area contributed by atoms with Crippen LogP contribution in [-0.4, -0.2) is 18.8 Å². The Balaban J connectivity index is 2.28. The highest BCUT2D eigenvalue weighted by molar-refractivity contribution is 5.58. The molecule has 0 bridgehead atoms. The monoisotopic (exact) mass is 168 g/mol. The van der Waals surface area contributed by atoms with E-state index in [9.17, 15) is 0 Å². The van der Waals surface area contributed by atoms with Gasteiger partial charge in [0.15, 0.2) is 0 Å². The van der Waals surface area contributed by atoms with Crippen molar-refractivity contribution in [1.29, 1.82) is 5.41 Å². The summed E-state index contributed by atoms with van der Waals surface area (Å²) in [4.78, 5) is 0. The van der Waals surface area contributed by atoms with Crippen LogP contribution in [0.25, 0.3) is 0 Å². The van der Waals surface area contributed by atoms with Gasteiger partial charge in [-0.05, 0) is 18.3 Å². The second-order valence-corrected chi connectivity index (χ2v) is 4.82. The SMILES string of the molecule is CC(C)(C)C(C=N)CNC1CC1. The number of rotatable bonds is 4. The third-order valence-corrected chi connectivity index (χ3v) is 2.52. The highest BCUT2D eigenvalue weighted by atomic mass is 14.9. The van der Waals surface area contributed by atoms with Gasteiger partial charge >= 0.3 is 0 Å². The van der Waals surface area contributed by atoms with Crippen molar-refractivity contribution in [2.45, 2.75) is 39.7 Å². The molecule has 1 atom stereocenters. The third kappa shape index (κ3) is 2.94. The van der Waals surface area contributed by atoms with E-state index in [1.54, 1.807) is 6.21 Å². The Morgan fingerprint density at radius 3 is 2.42 bits per heavy atom. The molecule has 0 aliphatic heterocycles. The summed E-state index contributed by atoms with van der Waals surface area (Å²) in [6, 6.07) is 0.759. The van der Waals surface area contributed by atoms with Crippen molar-refractivity contribution < 1.29 is 0 Å². The zero-order valence-corrected chi connectivity index (χ0v) is 8.35. The van der Waals surface area contributed by atoms with Gasteiger partial charge in [-0.1, -0.05) is 20.8 Å². The molecule has 1 fully saturated rings. The van der Waals surface area contributed by atoms with Crippen LogP contribution in [0.4, 0.5) is 0 Å². The molecule has 0 aromatic rings. The summed E-state index contributed by atoms with van der Waals surface area (Å²) in [5.74, 6) is 0.373. The van der Waals surface area contributed by atoms with Crippen molar-refractivity contribution in [2.24, 2.45) is 11.3 Å². The van der Waals surface area contributed by atoms with E-state index in [4.69, 9.17) is 5.41 Å². The Morgan fingerprint density at radius 2 is 2.08 bits per heavy atom. The third-order valence-electron chi connectivity index (χ3n) is 2.52. The molecule has 1 unspecified atom stereocenters. The van der Waals surface area contributed by atoms with E-state index in [1.165, 1.54) is 12.8 Å². The zero-order chi connectivity index (χ0) is 9.19. The minimum Gasteiger partial charge on any atom is -0.313 e. The van der Waals surface area contributed by atoms with Crippen molar-refractivity contribution in [1.82, 2.24) is 5.32 Å². The molecule has 1 rings (SSSR count). The Bertz CT molecular complexity index is 154. The largest absolute Gasteiger partial charge is 0.313 e. The van der Waals surface area contributed by atoms with E-state index in [1.807, 2.05) is 0 Å². The summed E-state index contributed by atoms with van der Waals surface area (Å²) >= 11 is 0. The molecule has 2 nitrogen and oxygen atoms in total. The smallest absolute Gasteiger partial charge is 0.0109 e. The average Bonchev–Trinajstić information content (AvgIpc) is 2.69. The molecule has 0 aromatic heterocycles. The average molecular weight is 168 g/mol. The molecular formula is C10H20N2. The van der Waals surface area contributed by atoms with Crippen LogP contribution in [0.2, 0.25) is 0 Å². The summed E-state index contributed by atoms with van der Waals surface area (Å²) in [6.45, 7) is 7.55.